The molecule has 3 aromatic rings. The van der Waals surface area contributed by atoms with Crippen molar-refractivity contribution in [2.45, 2.75) is 9.92 Å². The van der Waals surface area contributed by atoms with Gasteiger partial charge in [0.15, 0.2) is 5.75 Å². The second-order valence-electron chi connectivity index (χ2n) is 4.95. The molecule has 2 aromatic carbocycles. The van der Waals surface area contributed by atoms with Crippen molar-refractivity contribution in [3.63, 3.8) is 0 Å². The van der Waals surface area contributed by atoms with Gasteiger partial charge in [0.05, 0.1) is 16.7 Å². The molecule has 9 heteroatoms. The van der Waals surface area contributed by atoms with Crippen LogP contribution >= 0.6 is 0 Å². The number of nitrogens with zero attached hydrogens (tertiary/aromatic N) is 2. The molecule has 25 heavy (non-hydrogen) atoms. The van der Waals surface area contributed by atoms with Crippen molar-refractivity contribution < 1.29 is 28.3 Å². The first-order valence-corrected chi connectivity index (χ1v) is 8.46. The van der Waals surface area contributed by atoms with Gasteiger partial charge in [0.2, 0.25) is 14.9 Å². The molecule has 1 heterocycles. The Morgan fingerprint density at radius 2 is 1.68 bits per heavy atom. The van der Waals surface area contributed by atoms with Crippen LogP contribution in [0.5, 0.6) is 11.5 Å². The fourth-order valence-corrected chi connectivity index (χ4v) is 3.49. The summed E-state index contributed by atoms with van der Waals surface area (Å²) in [5, 5.41) is 21.7. The Labute approximate surface area is 142 Å². The summed E-state index contributed by atoms with van der Waals surface area (Å²) >= 11 is 0. The highest BCUT2D eigenvalue weighted by Gasteiger charge is 2.29. The van der Waals surface area contributed by atoms with Crippen molar-refractivity contribution in [2.75, 3.05) is 0 Å². The molecule has 0 aliphatic heterocycles. The summed E-state index contributed by atoms with van der Waals surface area (Å²) in [7, 11) is -4.07. The second kappa shape index (κ2) is 6.29. The SMILES string of the molecule is O=C(O)c1ccc(Oc2cnn(O)c2S(=O)(=O)c2ccccc2)cc1. The number of carboxylic acid groups (broad SMARTS) is 1. The molecule has 0 bridgehead atoms. The van der Waals surface area contributed by atoms with E-state index >= 15 is 0 Å². The lowest BCUT2D eigenvalue weighted by molar-refractivity contribution is 0.0697. The molecule has 0 spiro atoms. The van der Waals surface area contributed by atoms with Gasteiger partial charge in [-0.05, 0) is 36.4 Å². The van der Waals surface area contributed by atoms with Crippen molar-refractivity contribution >= 4 is 15.8 Å². The van der Waals surface area contributed by atoms with E-state index in [2.05, 4.69) is 5.10 Å². The first-order chi connectivity index (χ1) is 11.9. The molecule has 0 atom stereocenters. The van der Waals surface area contributed by atoms with Crippen LogP contribution in [0.25, 0.3) is 0 Å². The smallest absolute Gasteiger partial charge is 0.335 e. The van der Waals surface area contributed by atoms with Crippen molar-refractivity contribution in [1.82, 2.24) is 9.94 Å². The minimum atomic E-state index is -4.07. The standard InChI is InChI=1S/C16H12N2O6S/c19-16(20)11-6-8-12(9-7-11)24-14-10-17-18(21)15(14)25(22,23)13-4-2-1-3-5-13/h1-10,21H,(H,19,20). The van der Waals surface area contributed by atoms with Gasteiger partial charge in [-0.25, -0.2) is 13.2 Å². The van der Waals surface area contributed by atoms with Gasteiger partial charge in [0.25, 0.3) is 0 Å². The first-order valence-electron chi connectivity index (χ1n) is 6.98. The lowest BCUT2D eigenvalue weighted by atomic mass is 10.2. The third kappa shape index (κ3) is 3.17. The zero-order chi connectivity index (χ0) is 18.0. The number of aromatic carboxylic acids is 1. The molecule has 1 aromatic heterocycles. The number of carboxylic acids is 1. The molecule has 0 unspecified atom stereocenters. The van der Waals surface area contributed by atoms with Gasteiger partial charge in [-0.15, -0.1) is 5.10 Å². The summed E-state index contributed by atoms with van der Waals surface area (Å²) < 4.78 is 30.8. The summed E-state index contributed by atoms with van der Waals surface area (Å²) in [5.41, 5.74) is 0.0577. The van der Waals surface area contributed by atoms with Crippen LogP contribution in [0, 0.1) is 0 Å². The Balaban J connectivity index is 1.99. The minimum Gasteiger partial charge on any atom is -0.478 e. The van der Waals surface area contributed by atoms with Crippen LogP contribution in [0.3, 0.4) is 0 Å². The normalized spacial score (nSPS) is 11.2. The first kappa shape index (κ1) is 16.5. The monoisotopic (exact) mass is 360 g/mol. The zero-order valence-electron chi connectivity index (χ0n) is 12.6. The largest absolute Gasteiger partial charge is 0.478 e. The van der Waals surface area contributed by atoms with Crippen molar-refractivity contribution in [1.29, 1.82) is 0 Å². The summed E-state index contributed by atoms with van der Waals surface area (Å²) in [4.78, 5) is 11.0. The minimum absolute atomic E-state index is 0.0307. The highest BCUT2D eigenvalue weighted by atomic mass is 32.2. The van der Waals surface area contributed by atoms with E-state index in [0.717, 1.165) is 6.20 Å². The van der Waals surface area contributed by atoms with E-state index in [1.165, 1.54) is 36.4 Å². The van der Waals surface area contributed by atoms with Crippen molar-refractivity contribution in [3.8, 4) is 11.5 Å². The number of carbonyl (C=O) groups is 1. The van der Waals surface area contributed by atoms with Crippen LogP contribution in [0.1, 0.15) is 10.4 Å². The molecule has 0 aliphatic rings. The molecule has 0 saturated carbocycles. The summed E-state index contributed by atoms with van der Waals surface area (Å²) in [6.45, 7) is 0. The molecule has 128 valence electrons. The topological polar surface area (TPSA) is 119 Å². The lowest BCUT2D eigenvalue weighted by Gasteiger charge is -2.08. The number of hydrogen-bond acceptors (Lipinski definition) is 6. The molecule has 0 radical (unpaired) electrons. The van der Waals surface area contributed by atoms with E-state index in [-0.39, 0.29) is 26.8 Å². The van der Waals surface area contributed by atoms with Crippen LogP contribution < -0.4 is 4.74 Å². The van der Waals surface area contributed by atoms with E-state index in [1.807, 2.05) is 0 Å². The number of ether oxygens (including phenoxy) is 1. The average molecular weight is 360 g/mol. The highest BCUT2D eigenvalue weighted by molar-refractivity contribution is 7.91. The van der Waals surface area contributed by atoms with Crippen LogP contribution in [-0.2, 0) is 9.84 Å². The van der Waals surface area contributed by atoms with Crippen LogP contribution in [-0.4, -0.2) is 34.6 Å². The molecular formula is C16H12N2O6S. The second-order valence-corrected chi connectivity index (χ2v) is 6.82. The molecule has 8 nitrogen and oxygen atoms in total. The van der Waals surface area contributed by atoms with Gasteiger partial charge >= 0.3 is 5.97 Å². The number of hydrogen-bond donors (Lipinski definition) is 2. The van der Waals surface area contributed by atoms with E-state index in [0.29, 0.717) is 0 Å². The van der Waals surface area contributed by atoms with Gasteiger partial charge < -0.3 is 15.1 Å². The molecule has 0 saturated heterocycles. The van der Waals surface area contributed by atoms with Gasteiger partial charge in [-0.1, -0.05) is 23.0 Å². The summed E-state index contributed by atoms with van der Waals surface area (Å²) in [6, 6.07) is 12.9. The molecule has 0 aliphatic carbocycles. The summed E-state index contributed by atoms with van der Waals surface area (Å²) in [6.07, 6.45) is 1.06. The van der Waals surface area contributed by atoms with Crippen LogP contribution in [0.4, 0.5) is 0 Å². The fraction of sp³-hybridized carbons (Fsp3) is 0. The third-order valence-corrected chi connectivity index (χ3v) is 5.08. The van der Waals surface area contributed by atoms with Gasteiger partial charge in [0.1, 0.15) is 5.75 Å². The molecule has 3 rings (SSSR count). The van der Waals surface area contributed by atoms with Gasteiger partial charge in [0, 0.05) is 0 Å². The Morgan fingerprint density at radius 1 is 1.04 bits per heavy atom. The van der Waals surface area contributed by atoms with Crippen molar-refractivity contribution in [3.05, 3.63) is 66.4 Å². The molecule has 0 fully saturated rings. The van der Waals surface area contributed by atoms with Gasteiger partial charge in [-0.3, -0.25) is 0 Å². The summed E-state index contributed by atoms with van der Waals surface area (Å²) in [5.74, 6) is -1.08. The maximum Gasteiger partial charge on any atom is 0.335 e. The molecule has 2 N–H and O–H groups in total. The Kier molecular flexibility index (Phi) is 4.15. The van der Waals surface area contributed by atoms with Crippen molar-refractivity contribution in [2.24, 2.45) is 0 Å². The highest BCUT2D eigenvalue weighted by Crippen LogP contribution is 2.32. The number of rotatable bonds is 5. The number of sulfone groups is 1. The Bertz CT molecular complexity index is 1010. The Hall–Kier alpha value is -3.33. The van der Waals surface area contributed by atoms with E-state index < -0.39 is 20.8 Å². The maximum atomic E-state index is 12.7. The van der Waals surface area contributed by atoms with E-state index in [1.54, 1.807) is 18.2 Å². The quantitative estimate of drug-likeness (QED) is 0.671. The predicted molar refractivity (Wildman–Crippen MR) is 84.8 cm³/mol. The van der Waals surface area contributed by atoms with E-state index in [9.17, 15) is 18.4 Å². The maximum absolute atomic E-state index is 12.7. The average Bonchev–Trinajstić information content (AvgIpc) is 2.97. The van der Waals surface area contributed by atoms with Gasteiger partial charge in [-0.2, -0.15) is 0 Å². The van der Waals surface area contributed by atoms with Crippen LogP contribution in [0.15, 0.2) is 70.7 Å². The lowest BCUT2D eigenvalue weighted by Crippen LogP contribution is -2.10. The predicted octanol–water partition coefficient (Wildman–Crippen LogP) is 2.44. The zero-order valence-corrected chi connectivity index (χ0v) is 13.4. The third-order valence-electron chi connectivity index (χ3n) is 3.31. The van der Waals surface area contributed by atoms with E-state index in [4.69, 9.17) is 9.84 Å². The Morgan fingerprint density at radius 3 is 2.28 bits per heavy atom. The van der Waals surface area contributed by atoms with Crippen LogP contribution in [0.2, 0.25) is 0 Å². The fourth-order valence-electron chi connectivity index (χ4n) is 2.13. The number of aromatic nitrogens is 2. The number of benzene rings is 2. The molecule has 0 amide bonds. The molecular weight excluding hydrogens is 348 g/mol.